The quantitative estimate of drug-likeness (QED) is 0.569. The molecule has 2 aromatic carbocycles. The Kier molecular flexibility index (Phi) is 5.38. The van der Waals surface area contributed by atoms with Gasteiger partial charge in [0.25, 0.3) is 5.91 Å². The number of ether oxygens (including phenoxy) is 1. The second-order valence-electron chi connectivity index (χ2n) is 6.55. The summed E-state index contributed by atoms with van der Waals surface area (Å²) in [6.07, 6.45) is -4.97. The molecule has 30 heavy (non-hydrogen) atoms. The van der Waals surface area contributed by atoms with Gasteiger partial charge in [0, 0.05) is 0 Å². The molecule has 7 nitrogen and oxygen atoms in total. The third kappa shape index (κ3) is 4.34. The second kappa shape index (κ2) is 7.65. The van der Waals surface area contributed by atoms with Crippen LogP contribution >= 0.6 is 0 Å². The fourth-order valence-corrected chi connectivity index (χ4v) is 2.94. The lowest BCUT2D eigenvalue weighted by Crippen LogP contribution is -2.42. The first-order valence-corrected chi connectivity index (χ1v) is 8.54. The largest absolute Gasteiger partial charge is 0.573 e. The summed E-state index contributed by atoms with van der Waals surface area (Å²) < 4.78 is 54.5. The van der Waals surface area contributed by atoms with Crippen molar-refractivity contribution in [2.24, 2.45) is 0 Å². The van der Waals surface area contributed by atoms with Gasteiger partial charge in [-0.3, -0.25) is 14.5 Å². The minimum atomic E-state index is -4.97. The number of para-hydroxylation sites is 2. The lowest BCUT2D eigenvalue weighted by Gasteiger charge is -2.22. The number of imide groups is 1. The first kappa shape index (κ1) is 21.1. The summed E-state index contributed by atoms with van der Waals surface area (Å²) in [6, 6.07) is 8.83. The van der Waals surface area contributed by atoms with Crippen LogP contribution in [0.4, 0.5) is 28.0 Å². The van der Waals surface area contributed by atoms with Crippen molar-refractivity contribution in [2.75, 3.05) is 11.9 Å². The Morgan fingerprint density at radius 3 is 2.40 bits per heavy atom. The zero-order valence-electron chi connectivity index (χ0n) is 15.4. The van der Waals surface area contributed by atoms with Crippen molar-refractivity contribution in [3.63, 3.8) is 0 Å². The number of benzene rings is 2. The van der Waals surface area contributed by atoms with Gasteiger partial charge in [-0.25, -0.2) is 9.18 Å². The van der Waals surface area contributed by atoms with Gasteiger partial charge in [-0.1, -0.05) is 24.3 Å². The van der Waals surface area contributed by atoms with Gasteiger partial charge in [-0.15, -0.1) is 13.2 Å². The van der Waals surface area contributed by atoms with Crippen LogP contribution in [0.2, 0.25) is 0 Å². The summed E-state index contributed by atoms with van der Waals surface area (Å²) >= 11 is 0. The molecule has 2 aromatic rings. The Morgan fingerprint density at radius 2 is 1.77 bits per heavy atom. The van der Waals surface area contributed by atoms with Crippen molar-refractivity contribution in [3.8, 4) is 5.75 Å². The van der Waals surface area contributed by atoms with E-state index < -0.39 is 47.9 Å². The highest BCUT2D eigenvalue weighted by Gasteiger charge is 2.49. The molecular formula is C19H15F4N3O4. The third-order valence-corrected chi connectivity index (χ3v) is 4.39. The fraction of sp³-hybridized carbons (Fsp3) is 0.211. The minimum Gasteiger partial charge on any atom is -0.404 e. The summed E-state index contributed by atoms with van der Waals surface area (Å²) in [5, 5.41) is 4.63. The Morgan fingerprint density at radius 1 is 1.13 bits per heavy atom. The number of nitrogens with zero attached hydrogens (tertiary/aromatic N) is 1. The van der Waals surface area contributed by atoms with Crippen molar-refractivity contribution in [3.05, 3.63) is 59.9 Å². The maximum Gasteiger partial charge on any atom is 0.573 e. The summed E-state index contributed by atoms with van der Waals surface area (Å²) in [7, 11) is 0. The van der Waals surface area contributed by atoms with Gasteiger partial charge < -0.3 is 15.4 Å². The van der Waals surface area contributed by atoms with Crippen LogP contribution in [0.25, 0.3) is 0 Å². The average Bonchev–Trinajstić information content (AvgIpc) is 2.87. The first-order valence-electron chi connectivity index (χ1n) is 8.54. The molecule has 0 radical (unpaired) electrons. The van der Waals surface area contributed by atoms with Crippen LogP contribution in [0.5, 0.6) is 5.75 Å². The molecule has 0 aliphatic carbocycles. The van der Waals surface area contributed by atoms with E-state index in [0.717, 1.165) is 18.2 Å². The molecule has 1 atom stereocenters. The van der Waals surface area contributed by atoms with E-state index in [2.05, 4.69) is 15.4 Å². The van der Waals surface area contributed by atoms with Gasteiger partial charge >= 0.3 is 12.4 Å². The Hall–Kier alpha value is -3.63. The highest BCUT2D eigenvalue weighted by molar-refractivity contribution is 6.10. The molecule has 0 bridgehead atoms. The highest BCUT2D eigenvalue weighted by Crippen LogP contribution is 2.31. The number of carbonyl (C=O) groups excluding carboxylic acids is 3. The molecule has 1 unspecified atom stereocenters. The molecular weight excluding hydrogens is 410 g/mol. The number of carbonyl (C=O) groups is 3. The normalized spacial score (nSPS) is 18.9. The number of nitrogens with one attached hydrogen (secondary N) is 2. The minimum absolute atomic E-state index is 0.284. The van der Waals surface area contributed by atoms with E-state index in [0.29, 0.717) is 10.5 Å². The number of alkyl halides is 3. The maximum atomic E-state index is 13.1. The lowest BCUT2D eigenvalue weighted by atomic mass is 9.92. The number of hydrogen-bond acceptors (Lipinski definition) is 4. The number of rotatable bonds is 5. The predicted molar refractivity (Wildman–Crippen MR) is 95.8 cm³/mol. The van der Waals surface area contributed by atoms with Crippen molar-refractivity contribution in [1.82, 2.24) is 10.2 Å². The van der Waals surface area contributed by atoms with E-state index in [1.165, 1.54) is 37.3 Å². The van der Waals surface area contributed by atoms with E-state index in [4.69, 9.17) is 0 Å². The smallest absolute Gasteiger partial charge is 0.404 e. The van der Waals surface area contributed by atoms with Crippen molar-refractivity contribution >= 4 is 23.5 Å². The van der Waals surface area contributed by atoms with E-state index in [1.54, 1.807) is 0 Å². The molecule has 11 heteroatoms. The lowest BCUT2D eigenvalue weighted by molar-refractivity contribution is -0.274. The van der Waals surface area contributed by atoms with E-state index in [-0.39, 0.29) is 5.69 Å². The maximum absolute atomic E-state index is 13.1. The molecule has 0 saturated carbocycles. The molecule has 3 rings (SSSR count). The van der Waals surface area contributed by atoms with Crippen LogP contribution < -0.4 is 15.4 Å². The highest BCUT2D eigenvalue weighted by atomic mass is 19.4. The Labute approximate surface area is 167 Å². The molecule has 1 fully saturated rings. The number of amides is 4. The van der Waals surface area contributed by atoms with Crippen LogP contribution in [-0.4, -0.2) is 35.7 Å². The van der Waals surface area contributed by atoms with Crippen molar-refractivity contribution in [2.45, 2.75) is 18.8 Å². The zero-order chi connectivity index (χ0) is 22.1. The predicted octanol–water partition coefficient (Wildman–Crippen LogP) is 3.13. The fourth-order valence-electron chi connectivity index (χ4n) is 2.94. The summed E-state index contributed by atoms with van der Waals surface area (Å²) in [5.74, 6) is -2.86. The molecule has 2 N–H and O–H groups in total. The Balaban J connectivity index is 1.74. The van der Waals surface area contributed by atoms with E-state index in [9.17, 15) is 31.9 Å². The average molecular weight is 425 g/mol. The third-order valence-electron chi connectivity index (χ3n) is 4.39. The van der Waals surface area contributed by atoms with E-state index in [1.807, 2.05) is 0 Å². The molecule has 0 spiro atoms. The van der Waals surface area contributed by atoms with Crippen LogP contribution in [0.1, 0.15) is 12.5 Å². The summed E-state index contributed by atoms with van der Waals surface area (Å²) in [6.45, 7) is 0.645. The van der Waals surface area contributed by atoms with Gasteiger partial charge in [-0.05, 0) is 36.8 Å². The molecule has 1 saturated heterocycles. The number of halogens is 4. The van der Waals surface area contributed by atoms with Crippen LogP contribution in [0.15, 0.2) is 48.5 Å². The molecule has 0 aromatic heterocycles. The van der Waals surface area contributed by atoms with Crippen LogP contribution in [-0.2, 0) is 15.1 Å². The summed E-state index contributed by atoms with van der Waals surface area (Å²) in [4.78, 5) is 37.9. The molecule has 4 amide bonds. The number of urea groups is 1. The van der Waals surface area contributed by atoms with Crippen LogP contribution in [0, 0.1) is 5.82 Å². The van der Waals surface area contributed by atoms with Gasteiger partial charge in [-0.2, -0.15) is 0 Å². The van der Waals surface area contributed by atoms with Crippen molar-refractivity contribution < 1.29 is 36.7 Å². The molecule has 1 aliphatic heterocycles. The number of anilines is 1. The van der Waals surface area contributed by atoms with Crippen LogP contribution in [0.3, 0.4) is 0 Å². The van der Waals surface area contributed by atoms with Gasteiger partial charge in [0.15, 0.2) is 5.75 Å². The van der Waals surface area contributed by atoms with Gasteiger partial charge in [0.1, 0.15) is 17.9 Å². The standard InChI is InChI=1S/C19H15F4N3O4/c1-18(11-6-8-12(20)9-7-11)16(28)26(17(29)25-18)10-15(27)24-13-4-2-3-5-14(13)30-19(21,22)23/h2-9H,10H2,1H3,(H,24,27)(H,25,29). The zero-order valence-corrected chi connectivity index (χ0v) is 15.4. The molecule has 1 heterocycles. The van der Waals surface area contributed by atoms with Gasteiger partial charge in [0.05, 0.1) is 5.69 Å². The second-order valence-corrected chi connectivity index (χ2v) is 6.55. The van der Waals surface area contributed by atoms with E-state index >= 15 is 0 Å². The van der Waals surface area contributed by atoms with Crippen molar-refractivity contribution in [1.29, 1.82) is 0 Å². The molecule has 158 valence electrons. The summed E-state index contributed by atoms with van der Waals surface area (Å²) in [5.41, 5.74) is -1.51. The topological polar surface area (TPSA) is 87.7 Å². The molecule has 1 aliphatic rings. The SMILES string of the molecule is CC1(c2ccc(F)cc2)NC(=O)N(CC(=O)Nc2ccccc2OC(F)(F)F)C1=O. The Bertz CT molecular complexity index is 994. The number of hydrogen-bond donors (Lipinski definition) is 2. The van der Waals surface area contributed by atoms with Gasteiger partial charge in [0.2, 0.25) is 5.91 Å². The monoisotopic (exact) mass is 425 g/mol. The first-order chi connectivity index (χ1) is 14.0.